The number of rotatable bonds is 2. The number of fused-ring (bicyclic) bond motifs is 1. The summed E-state index contributed by atoms with van der Waals surface area (Å²) in [5.74, 6) is -4.03. The molecule has 0 bridgehead atoms. The van der Waals surface area contributed by atoms with Crippen LogP contribution in [0.25, 0.3) is 0 Å². The third-order valence-electron chi connectivity index (χ3n) is 3.85. The second-order valence-corrected chi connectivity index (χ2v) is 4.80. The molecule has 4 N–H and O–H groups in total. The van der Waals surface area contributed by atoms with E-state index in [1.54, 1.807) is 0 Å². The highest BCUT2D eigenvalue weighted by atomic mass is 19.3. The Morgan fingerprint density at radius 3 is 2.75 bits per heavy atom. The van der Waals surface area contributed by atoms with Gasteiger partial charge < -0.3 is 20.7 Å². The zero-order valence-corrected chi connectivity index (χ0v) is 10.0. The van der Waals surface area contributed by atoms with Crippen LogP contribution >= 0.6 is 0 Å². The molecule has 4 unspecified atom stereocenters. The van der Waals surface area contributed by atoms with Gasteiger partial charge in [0.05, 0.1) is 0 Å². The number of anilines is 1. The zero-order chi connectivity index (χ0) is 14.9. The van der Waals surface area contributed by atoms with Gasteiger partial charge in [-0.15, -0.1) is 6.58 Å². The van der Waals surface area contributed by atoms with Gasteiger partial charge in [0.1, 0.15) is 11.9 Å². The third kappa shape index (κ3) is 1.14. The first-order valence-electron chi connectivity index (χ1n) is 5.66. The lowest BCUT2D eigenvalue weighted by Crippen LogP contribution is -2.46. The molecule has 108 valence electrons. The molecule has 1 saturated heterocycles. The van der Waals surface area contributed by atoms with Crippen LogP contribution < -0.4 is 11.4 Å². The minimum atomic E-state index is -3.90. The Hall–Kier alpha value is -1.84. The van der Waals surface area contributed by atoms with Crippen molar-refractivity contribution in [3.8, 4) is 0 Å². The minimum absolute atomic E-state index is 0.130. The number of aromatic nitrogens is 2. The SMILES string of the molecule is C=CC12OC(n3ccc(N)nc3=O)C(F)(F)C1(O)C2O. The molecule has 4 atom stereocenters. The molecule has 1 aliphatic carbocycles. The van der Waals surface area contributed by atoms with Gasteiger partial charge in [0, 0.05) is 6.20 Å². The van der Waals surface area contributed by atoms with Crippen LogP contribution in [0, 0.1) is 0 Å². The van der Waals surface area contributed by atoms with Crippen LogP contribution in [0.1, 0.15) is 6.23 Å². The molecule has 1 aromatic heterocycles. The molecular weight excluding hydrogens is 276 g/mol. The number of nitrogen functional groups attached to an aromatic ring is 1. The highest BCUT2D eigenvalue weighted by Gasteiger charge is 2.94. The predicted octanol–water partition coefficient (Wildman–Crippen LogP) is -0.980. The Balaban J connectivity index is 2.10. The van der Waals surface area contributed by atoms with Crippen molar-refractivity contribution in [2.24, 2.45) is 0 Å². The normalized spacial score (nSPS) is 41.2. The van der Waals surface area contributed by atoms with Crippen molar-refractivity contribution in [2.45, 2.75) is 29.5 Å². The largest absolute Gasteiger partial charge is 0.386 e. The van der Waals surface area contributed by atoms with Crippen LogP contribution in [0.15, 0.2) is 29.7 Å². The van der Waals surface area contributed by atoms with Crippen LogP contribution in [0.3, 0.4) is 0 Å². The average molecular weight is 287 g/mol. The summed E-state index contributed by atoms with van der Waals surface area (Å²) in [7, 11) is 0. The summed E-state index contributed by atoms with van der Waals surface area (Å²) < 4.78 is 34.1. The van der Waals surface area contributed by atoms with Gasteiger partial charge in [-0.25, -0.2) is 4.79 Å². The quantitative estimate of drug-likeness (QED) is 0.603. The van der Waals surface area contributed by atoms with E-state index in [0.29, 0.717) is 4.57 Å². The van der Waals surface area contributed by atoms with E-state index in [0.717, 1.165) is 18.3 Å². The number of ether oxygens (including phenoxy) is 1. The molecule has 1 aliphatic heterocycles. The van der Waals surface area contributed by atoms with Crippen molar-refractivity contribution in [3.63, 3.8) is 0 Å². The number of alkyl halides is 2. The molecule has 0 radical (unpaired) electrons. The van der Waals surface area contributed by atoms with E-state index in [9.17, 15) is 23.8 Å². The van der Waals surface area contributed by atoms with E-state index in [-0.39, 0.29) is 5.82 Å². The molecule has 20 heavy (non-hydrogen) atoms. The molecule has 0 spiro atoms. The fourth-order valence-electron chi connectivity index (χ4n) is 2.63. The van der Waals surface area contributed by atoms with Gasteiger partial charge in [0.15, 0.2) is 11.2 Å². The van der Waals surface area contributed by atoms with Gasteiger partial charge in [-0.3, -0.25) is 4.57 Å². The number of hydrogen-bond acceptors (Lipinski definition) is 6. The molecule has 3 rings (SSSR count). The summed E-state index contributed by atoms with van der Waals surface area (Å²) in [6.07, 6.45) is -2.02. The number of nitrogens with two attached hydrogens (primary N) is 1. The van der Waals surface area contributed by atoms with E-state index in [4.69, 9.17) is 10.5 Å². The monoisotopic (exact) mass is 287 g/mol. The highest BCUT2D eigenvalue weighted by Crippen LogP contribution is 2.69. The first-order valence-corrected chi connectivity index (χ1v) is 5.66. The maximum absolute atomic E-state index is 14.3. The number of nitrogens with zero attached hydrogens (tertiary/aromatic N) is 2. The van der Waals surface area contributed by atoms with Crippen LogP contribution in [0.4, 0.5) is 14.6 Å². The molecule has 2 aliphatic rings. The number of halogens is 2. The Labute approximate surface area is 110 Å². The van der Waals surface area contributed by atoms with Crippen molar-refractivity contribution >= 4 is 5.82 Å². The summed E-state index contributed by atoms with van der Waals surface area (Å²) in [6, 6.07) is 1.14. The summed E-state index contributed by atoms with van der Waals surface area (Å²) in [6.45, 7) is 3.28. The Morgan fingerprint density at radius 2 is 2.25 bits per heavy atom. The third-order valence-corrected chi connectivity index (χ3v) is 3.85. The first kappa shape index (κ1) is 13.2. The Morgan fingerprint density at radius 1 is 1.60 bits per heavy atom. The Kier molecular flexibility index (Phi) is 2.25. The zero-order valence-electron chi connectivity index (χ0n) is 10.0. The molecule has 1 saturated carbocycles. The molecule has 0 amide bonds. The van der Waals surface area contributed by atoms with Gasteiger partial charge in [0.25, 0.3) is 0 Å². The van der Waals surface area contributed by atoms with Crippen molar-refractivity contribution in [2.75, 3.05) is 5.73 Å². The van der Waals surface area contributed by atoms with Crippen LogP contribution in [0.2, 0.25) is 0 Å². The number of aliphatic hydroxyl groups excluding tert-OH is 1. The summed E-state index contributed by atoms with van der Waals surface area (Å²) >= 11 is 0. The smallest absolute Gasteiger partial charge is 0.351 e. The maximum Gasteiger partial charge on any atom is 0.351 e. The molecular formula is C11H11F2N3O4. The van der Waals surface area contributed by atoms with Crippen molar-refractivity contribution < 1.29 is 23.7 Å². The summed E-state index contributed by atoms with van der Waals surface area (Å²) in [5.41, 5.74) is -0.586. The van der Waals surface area contributed by atoms with E-state index in [2.05, 4.69) is 11.6 Å². The Bertz CT molecular complexity index is 663. The van der Waals surface area contributed by atoms with Gasteiger partial charge in [-0.1, -0.05) is 6.08 Å². The number of aliphatic hydroxyl groups is 2. The maximum atomic E-state index is 14.3. The summed E-state index contributed by atoms with van der Waals surface area (Å²) in [4.78, 5) is 14.9. The van der Waals surface area contributed by atoms with Gasteiger partial charge in [0.2, 0.25) is 6.23 Å². The molecule has 2 fully saturated rings. The molecule has 7 nitrogen and oxygen atoms in total. The number of hydrogen-bond donors (Lipinski definition) is 3. The molecule has 0 aromatic carbocycles. The van der Waals surface area contributed by atoms with Crippen molar-refractivity contribution in [1.29, 1.82) is 0 Å². The second-order valence-electron chi connectivity index (χ2n) is 4.80. The highest BCUT2D eigenvalue weighted by molar-refractivity contribution is 5.43. The van der Waals surface area contributed by atoms with Crippen molar-refractivity contribution in [1.82, 2.24) is 9.55 Å². The topological polar surface area (TPSA) is 111 Å². The lowest BCUT2D eigenvalue weighted by molar-refractivity contribution is -0.199. The standard InChI is InChI=1S/C11H11F2N3O4/c1-2-9-6(17)10(9,19)11(12,13)7(20-9)16-4-3-5(14)15-8(16)18/h2-4,6-7,17,19H,1H2,(H2,14,15,18). The van der Waals surface area contributed by atoms with Crippen LogP contribution in [-0.2, 0) is 4.74 Å². The van der Waals surface area contributed by atoms with E-state index < -0.39 is 35.1 Å². The van der Waals surface area contributed by atoms with Gasteiger partial charge >= 0.3 is 11.6 Å². The molecule has 1 aromatic rings. The van der Waals surface area contributed by atoms with Gasteiger partial charge in [-0.05, 0) is 6.07 Å². The van der Waals surface area contributed by atoms with E-state index in [1.165, 1.54) is 0 Å². The predicted molar refractivity (Wildman–Crippen MR) is 61.9 cm³/mol. The van der Waals surface area contributed by atoms with Crippen molar-refractivity contribution in [3.05, 3.63) is 35.4 Å². The van der Waals surface area contributed by atoms with Gasteiger partial charge in [-0.2, -0.15) is 13.8 Å². The fourth-order valence-corrected chi connectivity index (χ4v) is 2.63. The first-order chi connectivity index (χ1) is 9.22. The lowest BCUT2D eigenvalue weighted by Gasteiger charge is -2.26. The molecule has 2 heterocycles. The fraction of sp³-hybridized carbons (Fsp3) is 0.455. The average Bonchev–Trinajstić information content (AvgIpc) is 2.78. The van der Waals surface area contributed by atoms with E-state index >= 15 is 0 Å². The van der Waals surface area contributed by atoms with Crippen LogP contribution in [0.5, 0.6) is 0 Å². The summed E-state index contributed by atoms with van der Waals surface area (Å²) in [5, 5.41) is 19.5. The molecule has 9 heteroatoms. The minimum Gasteiger partial charge on any atom is -0.386 e. The second kappa shape index (κ2) is 3.43. The van der Waals surface area contributed by atoms with Crippen LogP contribution in [-0.4, -0.2) is 43.0 Å². The lowest BCUT2D eigenvalue weighted by atomic mass is 10.1. The van der Waals surface area contributed by atoms with E-state index in [1.807, 2.05) is 0 Å².